The molecule has 0 aromatic heterocycles. The molecule has 0 unspecified atom stereocenters. The molecule has 0 heterocycles. The first-order chi connectivity index (χ1) is 8.79. The van der Waals surface area contributed by atoms with Crippen LogP contribution in [0.1, 0.15) is 32.8 Å². The van der Waals surface area contributed by atoms with Crippen molar-refractivity contribution in [3.63, 3.8) is 0 Å². The Hall–Kier alpha value is -1.62. The highest BCUT2D eigenvalue weighted by Gasteiger charge is 2.11. The Labute approximate surface area is 114 Å². The first-order valence-corrected chi connectivity index (χ1v) is 6.42. The Bertz CT molecular complexity index is 439. The normalized spacial score (nSPS) is 11.4. The average molecular weight is 266 g/mol. The number of nitro groups is 1. The minimum Gasteiger partial charge on any atom is -0.494 e. The average Bonchev–Trinajstić information content (AvgIpc) is 2.26. The van der Waals surface area contributed by atoms with Crippen LogP contribution in [0.15, 0.2) is 18.2 Å². The summed E-state index contributed by atoms with van der Waals surface area (Å²) in [5, 5.41) is 14.1. The van der Waals surface area contributed by atoms with Gasteiger partial charge in [-0.2, -0.15) is 0 Å². The van der Waals surface area contributed by atoms with E-state index < -0.39 is 0 Å². The van der Waals surface area contributed by atoms with Gasteiger partial charge in [0.15, 0.2) is 0 Å². The molecular formula is C14H22N2O3. The Balaban J connectivity index is 2.38. The standard InChI is InChI=1S/C14H22N2O3/c1-11-10-12(6-7-13(11)16(17)18)19-9-5-8-15-14(2,3)4/h6-7,10,15H,5,8-9H2,1-4H3. The van der Waals surface area contributed by atoms with Crippen molar-refractivity contribution in [1.29, 1.82) is 0 Å². The highest BCUT2D eigenvalue weighted by molar-refractivity contribution is 5.44. The van der Waals surface area contributed by atoms with Crippen molar-refractivity contribution in [3.05, 3.63) is 33.9 Å². The molecule has 0 amide bonds. The Morgan fingerprint density at radius 1 is 1.37 bits per heavy atom. The van der Waals surface area contributed by atoms with Crippen LogP contribution in [-0.4, -0.2) is 23.6 Å². The lowest BCUT2D eigenvalue weighted by molar-refractivity contribution is -0.385. The zero-order valence-corrected chi connectivity index (χ0v) is 12.0. The Kier molecular flexibility index (Phi) is 5.30. The first-order valence-electron chi connectivity index (χ1n) is 6.42. The van der Waals surface area contributed by atoms with Crippen LogP contribution >= 0.6 is 0 Å². The molecule has 0 saturated carbocycles. The maximum atomic E-state index is 10.7. The van der Waals surface area contributed by atoms with E-state index in [1.807, 2.05) is 0 Å². The number of rotatable bonds is 6. The van der Waals surface area contributed by atoms with E-state index in [9.17, 15) is 10.1 Å². The molecule has 0 bridgehead atoms. The molecule has 0 fully saturated rings. The monoisotopic (exact) mass is 266 g/mol. The topological polar surface area (TPSA) is 64.4 Å². The number of nitro benzene ring substituents is 1. The summed E-state index contributed by atoms with van der Waals surface area (Å²) in [7, 11) is 0. The van der Waals surface area contributed by atoms with E-state index in [4.69, 9.17) is 4.74 Å². The second-order valence-corrected chi connectivity index (χ2v) is 5.58. The SMILES string of the molecule is Cc1cc(OCCCNC(C)(C)C)ccc1[N+](=O)[O-]. The highest BCUT2D eigenvalue weighted by atomic mass is 16.6. The van der Waals surface area contributed by atoms with E-state index >= 15 is 0 Å². The summed E-state index contributed by atoms with van der Waals surface area (Å²) in [4.78, 5) is 10.3. The van der Waals surface area contributed by atoms with Gasteiger partial charge in [-0.05, 0) is 52.8 Å². The summed E-state index contributed by atoms with van der Waals surface area (Å²) in [6, 6.07) is 4.83. The van der Waals surface area contributed by atoms with Gasteiger partial charge >= 0.3 is 0 Å². The van der Waals surface area contributed by atoms with Crippen molar-refractivity contribution in [2.45, 2.75) is 39.7 Å². The van der Waals surface area contributed by atoms with Crippen molar-refractivity contribution < 1.29 is 9.66 Å². The summed E-state index contributed by atoms with van der Waals surface area (Å²) in [6.07, 6.45) is 0.896. The maximum Gasteiger partial charge on any atom is 0.272 e. The molecule has 5 nitrogen and oxygen atoms in total. The van der Waals surface area contributed by atoms with Crippen LogP contribution in [0, 0.1) is 17.0 Å². The number of hydrogen-bond donors (Lipinski definition) is 1. The third kappa shape index (κ3) is 5.70. The van der Waals surface area contributed by atoms with Gasteiger partial charge in [-0.1, -0.05) is 0 Å². The predicted octanol–water partition coefficient (Wildman–Crippen LogP) is 3.06. The predicted molar refractivity (Wildman–Crippen MR) is 75.7 cm³/mol. The lowest BCUT2D eigenvalue weighted by Crippen LogP contribution is -2.36. The smallest absolute Gasteiger partial charge is 0.272 e. The minimum absolute atomic E-state index is 0.115. The molecule has 0 aliphatic carbocycles. The molecular weight excluding hydrogens is 244 g/mol. The fraction of sp³-hybridized carbons (Fsp3) is 0.571. The van der Waals surface area contributed by atoms with E-state index in [1.54, 1.807) is 19.1 Å². The lowest BCUT2D eigenvalue weighted by Gasteiger charge is -2.20. The van der Waals surface area contributed by atoms with Crippen molar-refractivity contribution in [3.8, 4) is 5.75 Å². The van der Waals surface area contributed by atoms with Gasteiger partial charge in [-0.3, -0.25) is 10.1 Å². The van der Waals surface area contributed by atoms with Crippen LogP contribution in [0.25, 0.3) is 0 Å². The van der Waals surface area contributed by atoms with Crippen LogP contribution < -0.4 is 10.1 Å². The van der Waals surface area contributed by atoms with Gasteiger partial charge in [0, 0.05) is 17.2 Å². The van der Waals surface area contributed by atoms with Gasteiger partial charge < -0.3 is 10.1 Å². The van der Waals surface area contributed by atoms with Gasteiger partial charge in [-0.15, -0.1) is 0 Å². The zero-order valence-electron chi connectivity index (χ0n) is 12.0. The minimum atomic E-state index is -0.383. The zero-order chi connectivity index (χ0) is 14.5. The molecule has 1 rings (SSSR count). The van der Waals surface area contributed by atoms with Crippen LogP contribution in [0.4, 0.5) is 5.69 Å². The van der Waals surface area contributed by atoms with Gasteiger partial charge in [0.2, 0.25) is 0 Å². The summed E-state index contributed by atoms with van der Waals surface area (Å²) in [5.74, 6) is 0.679. The summed E-state index contributed by atoms with van der Waals surface area (Å²) >= 11 is 0. The molecule has 106 valence electrons. The van der Waals surface area contributed by atoms with E-state index in [0.717, 1.165) is 13.0 Å². The molecule has 1 aromatic rings. The number of nitrogens with one attached hydrogen (secondary N) is 1. The van der Waals surface area contributed by atoms with Crippen molar-refractivity contribution in [2.75, 3.05) is 13.2 Å². The van der Waals surface area contributed by atoms with Crippen LogP contribution in [0.5, 0.6) is 5.75 Å². The van der Waals surface area contributed by atoms with Crippen molar-refractivity contribution >= 4 is 5.69 Å². The molecule has 0 radical (unpaired) electrons. The lowest BCUT2D eigenvalue weighted by atomic mass is 10.1. The van der Waals surface area contributed by atoms with Crippen LogP contribution in [-0.2, 0) is 0 Å². The Morgan fingerprint density at radius 3 is 2.58 bits per heavy atom. The van der Waals surface area contributed by atoms with E-state index in [2.05, 4.69) is 26.1 Å². The number of nitrogens with zero attached hydrogens (tertiary/aromatic N) is 1. The molecule has 5 heteroatoms. The van der Waals surface area contributed by atoms with Gasteiger partial charge in [0.1, 0.15) is 5.75 Å². The molecule has 0 aliphatic rings. The maximum absolute atomic E-state index is 10.7. The van der Waals surface area contributed by atoms with Gasteiger partial charge in [-0.25, -0.2) is 0 Å². The Morgan fingerprint density at radius 2 is 2.05 bits per heavy atom. The van der Waals surface area contributed by atoms with Crippen molar-refractivity contribution in [1.82, 2.24) is 5.32 Å². The number of ether oxygens (including phenoxy) is 1. The largest absolute Gasteiger partial charge is 0.494 e. The molecule has 19 heavy (non-hydrogen) atoms. The molecule has 0 atom stereocenters. The van der Waals surface area contributed by atoms with Gasteiger partial charge in [0.25, 0.3) is 5.69 Å². The molecule has 1 N–H and O–H groups in total. The van der Waals surface area contributed by atoms with Gasteiger partial charge in [0.05, 0.1) is 11.5 Å². The van der Waals surface area contributed by atoms with E-state index in [-0.39, 0.29) is 16.1 Å². The third-order valence-electron chi connectivity index (χ3n) is 2.61. The first kappa shape index (κ1) is 15.4. The quantitative estimate of drug-likeness (QED) is 0.488. The highest BCUT2D eigenvalue weighted by Crippen LogP contribution is 2.22. The van der Waals surface area contributed by atoms with E-state index in [1.165, 1.54) is 6.07 Å². The summed E-state index contributed by atoms with van der Waals surface area (Å²) in [6.45, 7) is 9.55. The fourth-order valence-corrected chi connectivity index (χ4v) is 1.65. The summed E-state index contributed by atoms with van der Waals surface area (Å²) in [5.41, 5.74) is 0.862. The second kappa shape index (κ2) is 6.52. The molecule has 1 aromatic carbocycles. The van der Waals surface area contributed by atoms with Crippen LogP contribution in [0.3, 0.4) is 0 Å². The fourth-order valence-electron chi connectivity index (χ4n) is 1.65. The second-order valence-electron chi connectivity index (χ2n) is 5.58. The third-order valence-corrected chi connectivity index (χ3v) is 2.61. The molecule has 0 aliphatic heterocycles. The number of benzene rings is 1. The van der Waals surface area contributed by atoms with E-state index in [0.29, 0.717) is 17.9 Å². The molecule has 0 spiro atoms. The number of aryl methyl sites for hydroxylation is 1. The number of hydrogen-bond acceptors (Lipinski definition) is 4. The molecule has 0 saturated heterocycles. The van der Waals surface area contributed by atoms with Crippen LogP contribution in [0.2, 0.25) is 0 Å². The summed E-state index contributed by atoms with van der Waals surface area (Å²) < 4.78 is 5.57. The van der Waals surface area contributed by atoms with Crippen molar-refractivity contribution in [2.24, 2.45) is 0 Å².